The van der Waals surface area contributed by atoms with Crippen molar-refractivity contribution in [2.24, 2.45) is 0 Å². The maximum Gasteiger partial charge on any atom is 0.316 e. The van der Waals surface area contributed by atoms with Crippen LogP contribution < -0.4 is 4.74 Å². The average Bonchev–Trinajstić information content (AvgIpc) is 2.35. The quantitative estimate of drug-likeness (QED) is 0.763. The van der Waals surface area contributed by atoms with E-state index in [1.54, 1.807) is 31.4 Å². The highest BCUT2D eigenvalue weighted by Crippen LogP contribution is 2.24. The van der Waals surface area contributed by atoms with Gasteiger partial charge in [0.1, 0.15) is 11.7 Å². The third kappa shape index (κ3) is 3.18. The molecule has 1 N–H and O–H groups in total. The number of benzene rings is 1. The minimum Gasteiger partial charge on any atom is -0.497 e. The summed E-state index contributed by atoms with van der Waals surface area (Å²) in [5.74, 6) is -1.19. The highest BCUT2D eigenvalue weighted by molar-refractivity contribution is 5.76. The molecule has 0 amide bonds. The molecule has 0 radical (unpaired) electrons. The van der Waals surface area contributed by atoms with Crippen LogP contribution in [0.2, 0.25) is 0 Å². The summed E-state index contributed by atoms with van der Waals surface area (Å²) in [6.45, 7) is 0. The smallest absolute Gasteiger partial charge is 0.316 e. The lowest BCUT2D eigenvalue weighted by Crippen LogP contribution is -2.29. The standard InChI is InChI=1S/C12H16O5/c1-15-9-6-4-8(5-7-9)10(11(13)14)12(16-2)17-3/h4-7,10,12H,1-3H3,(H,13,14)/t10-/m0/s1. The third-order valence-electron chi connectivity index (χ3n) is 2.48. The van der Waals surface area contributed by atoms with E-state index in [-0.39, 0.29) is 0 Å². The molecule has 0 saturated heterocycles. The van der Waals surface area contributed by atoms with Crippen molar-refractivity contribution in [3.05, 3.63) is 29.8 Å². The molecular formula is C12H16O5. The van der Waals surface area contributed by atoms with Gasteiger partial charge in [-0.25, -0.2) is 0 Å². The predicted octanol–water partition coefficient (Wildman–Crippen LogP) is 1.48. The number of carbonyl (C=O) groups is 1. The monoisotopic (exact) mass is 240 g/mol. The summed E-state index contributed by atoms with van der Waals surface area (Å²) in [4.78, 5) is 11.2. The van der Waals surface area contributed by atoms with Crippen molar-refractivity contribution < 1.29 is 24.1 Å². The van der Waals surface area contributed by atoms with Gasteiger partial charge in [0.15, 0.2) is 6.29 Å². The van der Waals surface area contributed by atoms with E-state index in [2.05, 4.69) is 0 Å². The first-order chi connectivity index (χ1) is 8.13. The van der Waals surface area contributed by atoms with Crippen molar-refractivity contribution in [1.29, 1.82) is 0 Å². The summed E-state index contributed by atoms with van der Waals surface area (Å²) in [7, 11) is 4.37. The Bertz CT molecular complexity index is 356. The van der Waals surface area contributed by atoms with Crippen molar-refractivity contribution in [2.75, 3.05) is 21.3 Å². The molecule has 0 spiro atoms. The van der Waals surface area contributed by atoms with E-state index in [1.165, 1.54) is 14.2 Å². The van der Waals surface area contributed by atoms with Crippen molar-refractivity contribution >= 4 is 5.97 Å². The number of hydrogen-bond acceptors (Lipinski definition) is 4. The molecule has 0 aliphatic carbocycles. The lowest BCUT2D eigenvalue weighted by Gasteiger charge is -2.21. The molecular weight excluding hydrogens is 224 g/mol. The molecule has 0 aliphatic rings. The maximum absolute atomic E-state index is 11.2. The summed E-state index contributed by atoms with van der Waals surface area (Å²) >= 11 is 0. The number of rotatable bonds is 6. The second-order valence-corrected chi connectivity index (χ2v) is 3.43. The first kappa shape index (κ1) is 13.5. The van der Waals surface area contributed by atoms with Gasteiger partial charge in [0.25, 0.3) is 0 Å². The molecule has 0 heterocycles. The van der Waals surface area contributed by atoms with Crippen LogP contribution >= 0.6 is 0 Å². The van der Waals surface area contributed by atoms with Crippen LogP contribution in [0.1, 0.15) is 11.5 Å². The Hall–Kier alpha value is -1.59. The van der Waals surface area contributed by atoms with Gasteiger partial charge in [0, 0.05) is 14.2 Å². The van der Waals surface area contributed by atoms with Gasteiger partial charge in [-0.2, -0.15) is 0 Å². The zero-order chi connectivity index (χ0) is 12.8. The van der Waals surface area contributed by atoms with Crippen molar-refractivity contribution in [2.45, 2.75) is 12.2 Å². The molecule has 94 valence electrons. The fraction of sp³-hybridized carbons (Fsp3) is 0.417. The zero-order valence-corrected chi connectivity index (χ0v) is 10.0. The van der Waals surface area contributed by atoms with E-state index in [4.69, 9.17) is 14.2 Å². The first-order valence-electron chi connectivity index (χ1n) is 5.06. The highest BCUT2D eigenvalue weighted by atomic mass is 16.7. The van der Waals surface area contributed by atoms with Crippen LogP contribution in [0.25, 0.3) is 0 Å². The number of aliphatic carboxylic acids is 1. The van der Waals surface area contributed by atoms with Gasteiger partial charge in [-0.15, -0.1) is 0 Å². The molecule has 0 aromatic heterocycles. The first-order valence-corrected chi connectivity index (χ1v) is 5.06. The number of ether oxygens (including phenoxy) is 3. The Morgan fingerprint density at radius 1 is 1.12 bits per heavy atom. The van der Waals surface area contributed by atoms with Crippen LogP contribution in [-0.4, -0.2) is 38.7 Å². The SMILES string of the molecule is COc1ccc([C@@H](C(=O)O)C(OC)OC)cc1. The van der Waals surface area contributed by atoms with Gasteiger partial charge in [-0.3, -0.25) is 4.79 Å². The van der Waals surface area contributed by atoms with E-state index < -0.39 is 18.2 Å². The Morgan fingerprint density at radius 2 is 1.65 bits per heavy atom. The van der Waals surface area contributed by atoms with Crippen LogP contribution in [0.15, 0.2) is 24.3 Å². The van der Waals surface area contributed by atoms with Crippen LogP contribution in [0.4, 0.5) is 0 Å². The Balaban J connectivity index is 3.00. The number of hydrogen-bond donors (Lipinski definition) is 1. The molecule has 17 heavy (non-hydrogen) atoms. The number of methoxy groups -OCH3 is 3. The molecule has 0 aliphatic heterocycles. The van der Waals surface area contributed by atoms with E-state index in [0.717, 1.165) is 0 Å². The normalized spacial score (nSPS) is 12.5. The maximum atomic E-state index is 11.2. The lowest BCUT2D eigenvalue weighted by atomic mass is 9.98. The number of carboxylic acid groups (broad SMARTS) is 1. The molecule has 5 nitrogen and oxygen atoms in total. The van der Waals surface area contributed by atoms with Gasteiger partial charge in [0.05, 0.1) is 7.11 Å². The Labute approximate surface area is 99.9 Å². The molecule has 5 heteroatoms. The molecule has 0 fully saturated rings. The van der Waals surface area contributed by atoms with Crippen LogP contribution in [0.5, 0.6) is 5.75 Å². The van der Waals surface area contributed by atoms with E-state index in [1.807, 2.05) is 0 Å². The molecule has 0 bridgehead atoms. The summed E-state index contributed by atoms with van der Waals surface area (Å²) < 4.78 is 15.0. The van der Waals surface area contributed by atoms with Crippen LogP contribution in [0.3, 0.4) is 0 Å². The van der Waals surface area contributed by atoms with Gasteiger partial charge in [-0.05, 0) is 17.7 Å². The lowest BCUT2D eigenvalue weighted by molar-refractivity contribution is -0.160. The minimum atomic E-state index is -0.996. The zero-order valence-electron chi connectivity index (χ0n) is 10.0. The fourth-order valence-corrected chi connectivity index (χ4v) is 1.60. The van der Waals surface area contributed by atoms with E-state index in [9.17, 15) is 9.90 Å². The molecule has 1 aromatic carbocycles. The highest BCUT2D eigenvalue weighted by Gasteiger charge is 2.29. The summed E-state index contributed by atoms with van der Waals surface area (Å²) in [5.41, 5.74) is 0.604. The van der Waals surface area contributed by atoms with E-state index >= 15 is 0 Å². The topological polar surface area (TPSA) is 65.0 Å². The predicted molar refractivity (Wildman–Crippen MR) is 61.2 cm³/mol. The molecule has 1 atom stereocenters. The minimum absolute atomic E-state index is 0.604. The second kappa shape index (κ2) is 6.22. The summed E-state index contributed by atoms with van der Waals surface area (Å²) in [6.07, 6.45) is -0.819. The summed E-state index contributed by atoms with van der Waals surface area (Å²) in [5, 5.41) is 9.19. The molecule has 1 aromatic rings. The van der Waals surface area contributed by atoms with Crippen molar-refractivity contribution in [3.63, 3.8) is 0 Å². The van der Waals surface area contributed by atoms with Crippen LogP contribution in [0, 0.1) is 0 Å². The van der Waals surface area contributed by atoms with E-state index in [0.29, 0.717) is 11.3 Å². The van der Waals surface area contributed by atoms with Gasteiger partial charge in [-0.1, -0.05) is 12.1 Å². The largest absolute Gasteiger partial charge is 0.497 e. The van der Waals surface area contributed by atoms with Crippen LogP contribution in [-0.2, 0) is 14.3 Å². The van der Waals surface area contributed by atoms with Gasteiger partial charge in [0.2, 0.25) is 0 Å². The molecule has 0 unspecified atom stereocenters. The Kier molecular flexibility index (Phi) is 4.93. The Morgan fingerprint density at radius 3 is 2.00 bits per heavy atom. The fourth-order valence-electron chi connectivity index (χ4n) is 1.60. The summed E-state index contributed by atoms with van der Waals surface area (Å²) in [6, 6.07) is 6.77. The van der Waals surface area contributed by atoms with Crippen molar-refractivity contribution in [1.82, 2.24) is 0 Å². The third-order valence-corrected chi connectivity index (χ3v) is 2.48. The molecule has 0 saturated carbocycles. The second-order valence-electron chi connectivity index (χ2n) is 3.43. The van der Waals surface area contributed by atoms with Crippen molar-refractivity contribution in [3.8, 4) is 5.75 Å². The van der Waals surface area contributed by atoms with Gasteiger partial charge >= 0.3 is 5.97 Å². The average molecular weight is 240 g/mol. The molecule has 1 rings (SSSR count). The van der Waals surface area contributed by atoms with Gasteiger partial charge < -0.3 is 19.3 Å². The number of carboxylic acids is 1.